The molecule has 3 rings (SSSR count). The number of likely N-dealkylation sites (tertiary alicyclic amines) is 2. The van der Waals surface area contributed by atoms with E-state index in [4.69, 9.17) is 0 Å². The fourth-order valence-corrected chi connectivity index (χ4v) is 3.69. The molecule has 1 N–H and O–H groups in total. The highest BCUT2D eigenvalue weighted by Gasteiger charge is 2.23. The van der Waals surface area contributed by atoms with E-state index < -0.39 is 0 Å². The van der Waals surface area contributed by atoms with Gasteiger partial charge in [0.1, 0.15) is 0 Å². The van der Waals surface area contributed by atoms with Crippen LogP contribution in [0.5, 0.6) is 0 Å². The molecule has 0 spiro atoms. The normalized spacial score (nSPS) is 26.6. The molecule has 130 valence electrons. The van der Waals surface area contributed by atoms with Gasteiger partial charge >= 0.3 is 0 Å². The molecule has 0 atom stereocenters. The first-order chi connectivity index (χ1) is 10.5. The summed E-state index contributed by atoms with van der Waals surface area (Å²) in [7, 11) is 0. The number of hydrogen-bond donors (Lipinski definition) is 1. The first-order valence-electron chi connectivity index (χ1n) is 9.69. The molecule has 0 aromatic carbocycles. The second-order valence-electron chi connectivity index (χ2n) is 8.14. The Balaban J connectivity index is 0.000000164. The van der Waals surface area contributed by atoms with Crippen molar-refractivity contribution in [1.29, 1.82) is 0 Å². The minimum atomic E-state index is -0.0324. The summed E-state index contributed by atoms with van der Waals surface area (Å²) in [6.07, 6.45) is 9.26. The lowest BCUT2D eigenvalue weighted by Crippen LogP contribution is -2.39. The third kappa shape index (κ3) is 6.17. The highest BCUT2D eigenvalue weighted by molar-refractivity contribution is 4.77. The predicted octanol–water partition coefficient (Wildman–Crippen LogP) is 3.37. The van der Waals surface area contributed by atoms with Crippen molar-refractivity contribution in [3.8, 4) is 0 Å². The van der Waals surface area contributed by atoms with Gasteiger partial charge in [-0.25, -0.2) is 0 Å². The van der Waals surface area contributed by atoms with Gasteiger partial charge in [0.2, 0.25) is 0 Å². The molecule has 0 amide bonds. The van der Waals surface area contributed by atoms with Crippen LogP contribution < -0.4 is 0 Å². The molecule has 2 heterocycles. The van der Waals surface area contributed by atoms with Gasteiger partial charge in [0.05, 0.1) is 6.10 Å². The van der Waals surface area contributed by atoms with E-state index in [0.717, 1.165) is 37.8 Å². The molecule has 3 nitrogen and oxygen atoms in total. The van der Waals surface area contributed by atoms with Crippen LogP contribution in [0.2, 0.25) is 0 Å². The van der Waals surface area contributed by atoms with Crippen molar-refractivity contribution in [2.75, 3.05) is 32.7 Å². The van der Waals surface area contributed by atoms with E-state index in [9.17, 15) is 5.11 Å². The lowest BCUT2D eigenvalue weighted by Gasteiger charge is -2.36. The van der Waals surface area contributed by atoms with Gasteiger partial charge in [-0.1, -0.05) is 13.3 Å². The van der Waals surface area contributed by atoms with Crippen molar-refractivity contribution >= 4 is 0 Å². The van der Waals surface area contributed by atoms with Gasteiger partial charge < -0.3 is 14.9 Å². The molecule has 0 radical (unpaired) electrons. The third-order valence-corrected chi connectivity index (χ3v) is 5.85. The minimum Gasteiger partial charge on any atom is -0.393 e. The highest BCUT2D eigenvalue weighted by atomic mass is 16.3. The van der Waals surface area contributed by atoms with Crippen LogP contribution in [0.15, 0.2) is 0 Å². The Hall–Kier alpha value is -0.120. The van der Waals surface area contributed by atoms with Crippen molar-refractivity contribution in [3.05, 3.63) is 0 Å². The van der Waals surface area contributed by atoms with E-state index in [0.29, 0.717) is 6.04 Å². The van der Waals surface area contributed by atoms with E-state index >= 15 is 0 Å². The molecular formula is C19H38N2O. The quantitative estimate of drug-likeness (QED) is 0.866. The number of hydrogen-bond acceptors (Lipinski definition) is 3. The number of rotatable bonds is 3. The summed E-state index contributed by atoms with van der Waals surface area (Å²) in [6, 6.07) is 0.646. The van der Waals surface area contributed by atoms with Crippen LogP contribution in [0.4, 0.5) is 0 Å². The first-order valence-corrected chi connectivity index (χ1v) is 9.69. The average molecular weight is 311 g/mol. The summed E-state index contributed by atoms with van der Waals surface area (Å²) < 4.78 is 0. The summed E-state index contributed by atoms with van der Waals surface area (Å²) in [5, 5.41) is 9.18. The molecule has 2 aliphatic heterocycles. The van der Waals surface area contributed by atoms with Crippen LogP contribution >= 0.6 is 0 Å². The van der Waals surface area contributed by atoms with Gasteiger partial charge in [-0.05, 0) is 77.3 Å². The molecule has 1 aliphatic carbocycles. The van der Waals surface area contributed by atoms with Crippen LogP contribution in [0.1, 0.15) is 65.7 Å². The maximum absolute atomic E-state index is 9.18. The van der Waals surface area contributed by atoms with Gasteiger partial charge in [-0.3, -0.25) is 0 Å². The zero-order chi connectivity index (χ0) is 15.9. The van der Waals surface area contributed by atoms with Crippen LogP contribution in [0, 0.1) is 11.8 Å². The summed E-state index contributed by atoms with van der Waals surface area (Å²) in [5.74, 6) is 2.06. The lowest BCUT2D eigenvalue weighted by atomic mass is 9.84. The Labute approximate surface area is 138 Å². The highest BCUT2D eigenvalue weighted by Crippen LogP contribution is 2.28. The third-order valence-electron chi connectivity index (χ3n) is 5.85. The standard InChI is InChI=1S/C11H21N.C8H17NO/c1-10-5-7-12(8-6-10)9-11-3-2-4-11;1-7(2)9-5-3-8(10)4-6-9/h10-11H,2-9H2,1H3;7-8,10H,3-6H2,1-2H3. The zero-order valence-corrected chi connectivity index (χ0v) is 15.1. The van der Waals surface area contributed by atoms with Crippen molar-refractivity contribution in [2.24, 2.45) is 11.8 Å². The predicted molar refractivity (Wildman–Crippen MR) is 94.1 cm³/mol. The molecule has 22 heavy (non-hydrogen) atoms. The van der Waals surface area contributed by atoms with Crippen molar-refractivity contribution in [3.63, 3.8) is 0 Å². The second kappa shape index (κ2) is 9.24. The Morgan fingerprint density at radius 3 is 1.95 bits per heavy atom. The van der Waals surface area contributed by atoms with E-state index in [1.165, 1.54) is 51.7 Å². The van der Waals surface area contributed by atoms with Crippen LogP contribution in [0.3, 0.4) is 0 Å². The lowest BCUT2D eigenvalue weighted by molar-refractivity contribution is 0.0685. The molecule has 0 bridgehead atoms. The molecule has 1 saturated carbocycles. The molecule has 3 heteroatoms. The smallest absolute Gasteiger partial charge is 0.0564 e. The fourth-order valence-electron chi connectivity index (χ4n) is 3.69. The number of nitrogens with zero attached hydrogens (tertiary/aromatic N) is 2. The van der Waals surface area contributed by atoms with Crippen LogP contribution in [-0.2, 0) is 0 Å². The molecular weight excluding hydrogens is 272 g/mol. The van der Waals surface area contributed by atoms with Gasteiger partial charge in [0, 0.05) is 25.7 Å². The Morgan fingerprint density at radius 2 is 1.50 bits per heavy atom. The van der Waals surface area contributed by atoms with Crippen molar-refractivity contribution < 1.29 is 5.11 Å². The largest absolute Gasteiger partial charge is 0.393 e. The molecule has 3 fully saturated rings. The topological polar surface area (TPSA) is 26.7 Å². The van der Waals surface area contributed by atoms with Crippen molar-refractivity contribution in [1.82, 2.24) is 9.80 Å². The summed E-state index contributed by atoms with van der Waals surface area (Å²) in [6.45, 7) is 13.1. The summed E-state index contributed by atoms with van der Waals surface area (Å²) in [4.78, 5) is 5.09. The number of aliphatic hydroxyl groups excluding tert-OH is 1. The number of piperidine rings is 2. The molecule has 0 aromatic rings. The minimum absolute atomic E-state index is 0.0324. The molecule has 0 aromatic heterocycles. The Kier molecular flexibility index (Phi) is 7.66. The maximum atomic E-state index is 9.18. The van der Waals surface area contributed by atoms with Crippen LogP contribution in [0.25, 0.3) is 0 Å². The Bertz CT molecular complexity index is 288. The summed E-state index contributed by atoms with van der Waals surface area (Å²) in [5.41, 5.74) is 0. The monoisotopic (exact) mass is 310 g/mol. The van der Waals surface area contributed by atoms with E-state index in [1.54, 1.807) is 0 Å². The van der Waals surface area contributed by atoms with Crippen molar-refractivity contribution in [2.45, 2.75) is 77.9 Å². The van der Waals surface area contributed by atoms with Gasteiger partial charge in [0.25, 0.3) is 0 Å². The summed E-state index contributed by atoms with van der Waals surface area (Å²) >= 11 is 0. The first kappa shape index (κ1) is 18.2. The average Bonchev–Trinajstić information content (AvgIpc) is 2.46. The number of aliphatic hydroxyl groups is 1. The maximum Gasteiger partial charge on any atom is 0.0564 e. The van der Waals surface area contributed by atoms with E-state index in [1.807, 2.05) is 0 Å². The zero-order valence-electron chi connectivity index (χ0n) is 15.1. The van der Waals surface area contributed by atoms with E-state index in [-0.39, 0.29) is 6.10 Å². The van der Waals surface area contributed by atoms with Gasteiger partial charge in [-0.15, -0.1) is 0 Å². The molecule has 2 saturated heterocycles. The second-order valence-corrected chi connectivity index (χ2v) is 8.14. The molecule has 0 unspecified atom stereocenters. The van der Waals surface area contributed by atoms with Gasteiger partial charge in [-0.2, -0.15) is 0 Å². The van der Waals surface area contributed by atoms with E-state index in [2.05, 4.69) is 30.6 Å². The Morgan fingerprint density at radius 1 is 0.909 bits per heavy atom. The SMILES string of the molecule is CC(C)N1CCC(O)CC1.CC1CCN(CC2CCC2)CC1. The molecule has 3 aliphatic rings. The van der Waals surface area contributed by atoms with Crippen LogP contribution in [-0.4, -0.2) is 59.8 Å². The fraction of sp³-hybridized carbons (Fsp3) is 1.00. The van der Waals surface area contributed by atoms with Gasteiger partial charge in [0.15, 0.2) is 0 Å².